The van der Waals surface area contributed by atoms with Gasteiger partial charge in [-0.2, -0.15) is 0 Å². The van der Waals surface area contributed by atoms with Gasteiger partial charge in [-0.3, -0.25) is 9.52 Å². The van der Waals surface area contributed by atoms with E-state index < -0.39 is 21.7 Å². The van der Waals surface area contributed by atoms with Gasteiger partial charge in [-0.1, -0.05) is 48.2 Å². The van der Waals surface area contributed by atoms with E-state index in [1.54, 1.807) is 12.1 Å². The zero-order valence-electron chi connectivity index (χ0n) is 17.2. The molecule has 0 fully saturated rings. The van der Waals surface area contributed by atoms with Gasteiger partial charge in [0.15, 0.2) is 0 Å². The van der Waals surface area contributed by atoms with Crippen LogP contribution in [0, 0.1) is 5.82 Å². The van der Waals surface area contributed by atoms with Gasteiger partial charge in [0.2, 0.25) is 0 Å². The first-order valence-electron chi connectivity index (χ1n) is 9.92. The number of sulfonamides is 1. The van der Waals surface area contributed by atoms with E-state index in [2.05, 4.69) is 10.0 Å². The van der Waals surface area contributed by atoms with Gasteiger partial charge in [0.05, 0.1) is 10.6 Å². The van der Waals surface area contributed by atoms with Crippen molar-refractivity contribution >= 4 is 39.1 Å². The first kappa shape index (κ1) is 22.6. The molecule has 0 saturated heterocycles. The molecule has 166 valence electrons. The predicted molar refractivity (Wildman–Crippen MR) is 129 cm³/mol. The Morgan fingerprint density at radius 3 is 2.24 bits per heavy atom. The van der Waals surface area contributed by atoms with Crippen LogP contribution in [0.15, 0.2) is 118 Å². The van der Waals surface area contributed by atoms with Crippen LogP contribution in [-0.2, 0) is 10.0 Å². The summed E-state index contributed by atoms with van der Waals surface area (Å²) in [4.78, 5) is 14.7. The third-order valence-corrected chi connectivity index (χ3v) is 7.07. The second-order valence-corrected chi connectivity index (χ2v) is 9.80. The van der Waals surface area contributed by atoms with Crippen molar-refractivity contribution in [3.63, 3.8) is 0 Å². The summed E-state index contributed by atoms with van der Waals surface area (Å²) in [6.45, 7) is 0. The highest BCUT2D eigenvalue weighted by atomic mass is 32.2. The van der Waals surface area contributed by atoms with Gasteiger partial charge < -0.3 is 5.32 Å². The Morgan fingerprint density at radius 2 is 1.48 bits per heavy atom. The molecule has 1 amide bonds. The number of hydrogen-bond donors (Lipinski definition) is 2. The van der Waals surface area contributed by atoms with Crippen LogP contribution in [0.5, 0.6) is 0 Å². The summed E-state index contributed by atoms with van der Waals surface area (Å²) < 4.78 is 40.9. The predicted octanol–water partition coefficient (Wildman–Crippen LogP) is 6.03. The van der Waals surface area contributed by atoms with Crippen molar-refractivity contribution in [3.8, 4) is 0 Å². The number of rotatable bonds is 7. The zero-order valence-corrected chi connectivity index (χ0v) is 18.9. The maximum Gasteiger partial charge on any atom is 0.261 e. The molecule has 8 heteroatoms. The molecule has 0 radical (unpaired) electrons. The molecule has 0 aromatic heterocycles. The molecule has 4 aromatic rings. The summed E-state index contributed by atoms with van der Waals surface area (Å²) in [5, 5.41) is 2.86. The van der Waals surface area contributed by atoms with E-state index in [1.807, 2.05) is 48.5 Å². The first-order valence-corrected chi connectivity index (χ1v) is 12.2. The molecule has 0 unspecified atom stereocenters. The number of benzene rings is 4. The Hall–Kier alpha value is -3.62. The summed E-state index contributed by atoms with van der Waals surface area (Å²) in [5.41, 5.74) is 1.03. The smallest absolute Gasteiger partial charge is 0.261 e. The highest BCUT2D eigenvalue weighted by Gasteiger charge is 2.17. The summed E-state index contributed by atoms with van der Waals surface area (Å²) in [7, 11) is -3.96. The number of anilines is 2. The van der Waals surface area contributed by atoms with Crippen molar-refractivity contribution in [2.75, 3.05) is 10.0 Å². The Kier molecular flexibility index (Phi) is 6.76. The van der Waals surface area contributed by atoms with Gasteiger partial charge in [-0.15, -0.1) is 0 Å². The molecule has 0 atom stereocenters. The molecule has 0 aliphatic rings. The van der Waals surface area contributed by atoms with E-state index in [0.717, 1.165) is 21.9 Å². The molecule has 0 heterocycles. The summed E-state index contributed by atoms with van der Waals surface area (Å²) in [6.07, 6.45) is 0. The van der Waals surface area contributed by atoms with E-state index in [9.17, 15) is 17.6 Å². The maximum absolute atomic E-state index is 13.1. The van der Waals surface area contributed by atoms with Crippen molar-refractivity contribution in [2.45, 2.75) is 14.7 Å². The zero-order chi connectivity index (χ0) is 23.3. The first-order chi connectivity index (χ1) is 15.9. The van der Waals surface area contributed by atoms with Crippen molar-refractivity contribution in [1.29, 1.82) is 0 Å². The van der Waals surface area contributed by atoms with E-state index in [-0.39, 0.29) is 16.1 Å². The molecule has 33 heavy (non-hydrogen) atoms. The molecule has 0 aliphatic heterocycles. The van der Waals surface area contributed by atoms with Crippen LogP contribution in [0.4, 0.5) is 15.8 Å². The second kappa shape index (κ2) is 9.89. The molecule has 5 nitrogen and oxygen atoms in total. The summed E-state index contributed by atoms with van der Waals surface area (Å²) in [5.74, 6) is -0.905. The SMILES string of the molecule is O=C(Nc1ccccc1Sc1ccccc1)c1cccc(S(=O)(=O)Nc2ccc(F)cc2)c1. The molecule has 0 bridgehead atoms. The van der Waals surface area contributed by atoms with Gasteiger partial charge >= 0.3 is 0 Å². The number of carbonyl (C=O) groups excluding carboxylic acids is 1. The average Bonchev–Trinajstić information content (AvgIpc) is 2.82. The molecule has 4 aromatic carbocycles. The van der Waals surface area contributed by atoms with Crippen molar-refractivity contribution in [3.05, 3.63) is 115 Å². The molecule has 0 saturated carbocycles. The fourth-order valence-electron chi connectivity index (χ4n) is 3.01. The van der Waals surface area contributed by atoms with Crippen molar-refractivity contribution < 1.29 is 17.6 Å². The van der Waals surface area contributed by atoms with E-state index in [4.69, 9.17) is 0 Å². The fourth-order valence-corrected chi connectivity index (χ4v) is 5.03. The number of halogens is 1. The molecule has 0 aliphatic carbocycles. The second-order valence-electron chi connectivity index (χ2n) is 7.01. The molecule has 0 spiro atoms. The molecular formula is C25H19FN2O3S2. The average molecular weight is 479 g/mol. The maximum atomic E-state index is 13.1. The van der Waals surface area contributed by atoms with Crippen LogP contribution in [0.2, 0.25) is 0 Å². The van der Waals surface area contributed by atoms with E-state index >= 15 is 0 Å². The van der Waals surface area contributed by atoms with Crippen LogP contribution >= 0.6 is 11.8 Å². The topological polar surface area (TPSA) is 75.3 Å². The minimum absolute atomic E-state index is 0.0774. The van der Waals surface area contributed by atoms with Crippen molar-refractivity contribution in [2.24, 2.45) is 0 Å². The van der Waals surface area contributed by atoms with Gasteiger partial charge in [-0.05, 0) is 66.7 Å². The number of carbonyl (C=O) groups is 1. The van der Waals surface area contributed by atoms with Crippen LogP contribution < -0.4 is 10.0 Å². The van der Waals surface area contributed by atoms with Gasteiger partial charge in [0.25, 0.3) is 15.9 Å². The minimum atomic E-state index is -3.96. The normalized spacial score (nSPS) is 11.1. The van der Waals surface area contributed by atoms with E-state index in [0.29, 0.717) is 5.69 Å². The van der Waals surface area contributed by atoms with Gasteiger partial charge in [-0.25, -0.2) is 12.8 Å². The van der Waals surface area contributed by atoms with E-state index in [1.165, 1.54) is 42.1 Å². The van der Waals surface area contributed by atoms with Gasteiger partial charge in [0.1, 0.15) is 5.82 Å². The molecule has 2 N–H and O–H groups in total. The summed E-state index contributed by atoms with van der Waals surface area (Å²) >= 11 is 1.51. The Labute approximate surface area is 195 Å². The lowest BCUT2D eigenvalue weighted by Crippen LogP contribution is -2.16. The third kappa shape index (κ3) is 5.79. The Balaban J connectivity index is 1.53. The lowest BCUT2D eigenvalue weighted by molar-refractivity contribution is 0.102. The Morgan fingerprint density at radius 1 is 0.788 bits per heavy atom. The van der Waals surface area contributed by atoms with Crippen LogP contribution in [0.1, 0.15) is 10.4 Å². The van der Waals surface area contributed by atoms with Crippen LogP contribution in [0.3, 0.4) is 0 Å². The lowest BCUT2D eigenvalue weighted by Gasteiger charge is -2.12. The Bertz CT molecular complexity index is 1380. The number of amides is 1. The number of hydrogen-bond acceptors (Lipinski definition) is 4. The van der Waals surface area contributed by atoms with Crippen LogP contribution in [0.25, 0.3) is 0 Å². The fraction of sp³-hybridized carbons (Fsp3) is 0. The molecular weight excluding hydrogens is 459 g/mol. The minimum Gasteiger partial charge on any atom is -0.321 e. The lowest BCUT2D eigenvalue weighted by atomic mass is 10.2. The third-order valence-electron chi connectivity index (χ3n) is 4.61. The van der Waals surface area contributed by atoms with Crippen LogP contribution in [-0.4, -0.2) is 14.3 Å². The monoisotopic (exact) mass is 478 g/mol. The quantitative estimate of drug-likeness (QED) is 0.340. The molecule has 4 rings (SSSR count). The number of para-hydroxylation sites is 1. The van der Waals surface area contributed by atoms with Crippen molar-refractivity contribution in [1.82, 2.24) is 0 Å². The largest absolute Gasteiger partial charge is 0.321 e. The van der Waals surface area contributed by atoms with Gasteiger partial charge in [0, 0.05) is 21.0 Å². The highest BCUT2D eigenvalue weighted by Crippen LogP contribution is 2.33. The summed E-state index contributed by atoms with van der Waals surface area (Å²) in [6, 6.07) is 27.9. The standard InChI is InChI=1S/C25H19FN2O3S2/c26-19-13-15-20(16-14-19)28-33(30,31)22-10-6-7-18(17-22)25(29)27-23-11-4-5-12-24(23)32-21-8-2-1-3-9-21/h1-17,28H,(H,27,29). The number of nitrogens with one attached hydrogen (secondary N) is 2. The highest BCUT2D eigenvalue weighted by molar-refractivity contribution is 7.99.